The molecule has 0 atom stereocenters. The van der Waals surface area contributed by atoms with Crippen LogP contribution in [-0.2, 0) is 4.79 Å². The van der Waals surface area contributed by atoms with Crippen LogP contribution in [0.2, 0.25) is 0 Å². The first-order valence-electron chi connectivity index (χ1n) is 5.43. The second-order valence-electron chi connectivity index (χ2n) is 3.85. The molecule has 0 amide bonds. The number of rotatable bonds is 1. The Balaban J connectivity index is 2.10. The summed E-state index contributed by atoms with van der Waals surface area (Å²) < 4.78 is 5.18. The molecule has 0 saturated carbocycles. The second-order valence-corrected chi connectivity index (χ2v) is 3.85. The van der Waals surface area contributed by atoms with Crippen molar-refractivity contribution in [1.82, 2.24) is 0 Å². The van der Waals surface area contributed by atoms with Crippen molar-refractivity contribution in [2.24, 2.45) is 0 Å². The maximum Gasteiger partial charge on any atom is 0.344 e. The van der Waals surface area contributed by atoms with E-state index in [4.69, 9.17) is 4.74 Å². The Morgan fingerprint density at radius 3 is 2.41 bits per heavy atom. The van der Waals surface area contributed by atoms with E-state index < -0.39 is 0 Å². The number of para-hydroxylation sites is 1. The highest BCUT2D eigenvalue weighted by Crippen LogP contribution is 2.34. The maximum atomic E-state index is 11.7. The highest BCUT2D eigenvalue weighted by Gasteiger charge is 2.25. The molecule has 17 heavy (non-hydrogen) atoms. The molecule has 0 radical (unpaired) electrons. The molecule has 0 spiro atoms. The summed E-state index contributed by atoms with van der Waals surface area (Å²) in [4.78, 5) is 11.7. The zero-order valence-electron chi connectivity index (χ0n) is 9.09. The summed E-state index contributed by atoms with van der Waals surface area (Å²) in [5.74, 6) is 0.356. The van der Waals surface area contributed by atoms with Gasteiger partial charge in [0.25, 0.3) is 0 Å². The first-order chi connectivity index (χ1) is 8.34. The van der Waals surface area contributed by atoms with Crippen LogP contribution in [0.1, 0.15) is 11.1 Å². The minimum Gasteiger partial charge on any atom is -0.422 e. The second kappa shape index (κ2) is 3.91. The first-order valence-corrected chi connectivity index (χ1v) is 5.43. The largest absolute Gasteiger partial charge is 0.422 e. The van der Waals surface area contributed by atoms with E-state index in [1.807, 2.05) is 54.6 Å². The molecule has 0 unspecified atom stereocenters. The van der Waals surface area contributed by atoms with Crippen LogP contribution in [-0.4, -0.2) is 5.97 Å². The number of carbonyl (C=O) groups is 1. The van der Waals surface area contributed by atoms with E-state index in [1.54, 1.807) is 6.07 Å². The van der Waals surface area contributed by atoms with Crippen LogP contribution in [0.5, 0.6) is 5.75 Å². The molecule has 0 aromatic heterocycles. The van der Waals surface area contributed by atoms with E-state index >= 15 is 0 Å². The maximum absolute atomic E-state index is 11.7. The Morgan fingerprint density at radius 1 is 0.882 bits per heavy atom. The van der Waals surface area contributed by atoms with Gasteiger partial charge in [-0.05, 0) is 17.7 Å². The van der Waals surface area contributed by atoms with Crippen LogP contribution in [0.3, 0.4) is 0 Å². The van der Waals surface area contributed by atoms with E-state index in [2.05, 4.69) is 0 Å². The molecular weight excluding hydrogens is 212 g/mol. The van der Waals surface area contributed by atoms with Gasteiger partial charge in [0.2, 0.25) is 0 Å². The topological polar surface area (TPSA) is 26.3 Å². The molecule has 0 saturated heterocycles. The van der Waals surface area contributed by atoms with Crippen molar-refractivity contribution in [2.75, 3.05) is 0 Å². The van der Waals surface area contributed by atoms with Gasteiger partial charge in [0, 0.05) is 5.56 Å². The van der Waals surface area contributed by atoms with Gasteiger partial charge >= 0.3 is 5.97 Å². The Labute approximate surface area is 99.2 Å². The Morgan fingerprint density at radius 2 is 1.59 bits per heavy atom. The molecule has 0 N–H and O–H groups in total. The fourth-order valence-corrected chi connectivity index (χ4v) is 1.90. The standard InChI is InChI=1S/C15H10O2/c16-15-13(10-11-6-2-1-3-7-11)12-8-4-5-9-14(12)17-15/h1-10H/b13-10-. The molecule has 0 fully saturated rings. The minimum absolute atomic E-state index is 0.282. The lowest BCUT2D eigenvalue weighted by molar-refractivity contribution is -0.126. The van der Waals surface area contributed by atoms with Crippen molar-refractivity contribution in [3.8, 4) is 5.75 Å². The van der Waals surface area contributed by atoms with Crippen molar-refractivity contribution < 1.29 is 9.53 Å². The lowest BCUT2D eigenvalue weighted by atomic mass is 10.0. The monoisotopic (exact) mass is 222 g/mol. The van der Waals surface area contributed by atoms with E-state index in [9.17, 15) is 4.79 Å². The molecule has 82 valence electrons. The number of carbonyl (C=O) groups excluding carboxylic acids is 1. The number of fused-ring (bicyclic) bond motifs is 1. The SMILES string of the molecule is O=C1Oc2ccccc2/C1=C/c1ccccc1. The van der Waals surface area contributed by atoms with Gasteiger partial charge in [-0.25, -0.2) is 4.79 Å². The highest BCUT2D eigenvalue weighted by atomic mass is 16.5. The Kier molecular flexibility index (Phi) is 2.26. The lowest BCUT2D eigenvalue weighted by Crippen LogP contribution is -2.00. The lowest BCUT2D eigenvalue weighted by Gasteiger charge is -1.95. The molecule has 1 aliphatic heterocycles. The molecular formula is C15H10O2. The van der Waals surface area contributed by atoms with Crippen molar-refractivity contribution in [2.45, 2.75) is 0 Å². The average Bonchev–Trinajstić information content (AvgIpc) is 2.68. The molecule has 3 rings (SSSR count). The van der Waals surface area contributed by atoms with Gasteiger partial charge in [-0.3, -0.25) is 0 Å². The molecule has 2 aromatic rings. The number of benzene rings is 2. The summed E-state index contributed by atoms with van der Waals surface area (Å²) in [6.45, 7) is 0. The number of ether oxygens (including phenoxy) is 1. The predicted molar refractivity (Wildman–Crippen MR) is 66.4 cm³/mol. The minimum atomic E-state index is -0.282. The van der Waals surface area contributed by atoms with E-state index in [0.717, 1.165) is 11.1 Å². The molecule has 1 heterocycles. The third kappa shape index (κ3) is 1.74. The van der Waals surface area contributed by atoms with Crippen LogP contribution >= 0.6 is 0 Å². The summed E-state index contributed by atoms with van der Waals surface area (Å²) in [6.07, 6.45) is 1.86. The van der Waals surface area contributed by atoms with Crippen molar-refractivity contribution in [3.05, 3.63) is 65.7 Å². The van der Waals surface area contributed by atoms with Gasteiger partial charge in [-0.1, -0.05) is 48.5 Å². The van der Waals surface area contributed by atoms with Gasteiger partial charge in [-0.15, -0.1) is 0 Å². The number of esters is 1. The fourth-order valence-electron chi connectivity index (χ4n) is 1.90. The average molecular weight is 222 g/mol. The zero-order valence-corrected chi connectivity index (χ0v) is 9.09. The van der Waals surface area contributed by atoms with Gasteiger partial charge < -0.3 is 4.74 Å². The normalized spacial score (nSPS) is 15.8. The van der Waals surface area contributed by atoms with Gasteiger partial charge in [0.15, 0.2) is 0 Å². The van der Waals surface area contributed by atoms with Crippen molar-refractivity contribution in [3.63, 3.8) is 0 Å². The third-order valence-electron chi connectivity index (χ3n) is 2.71. The summed E-state index contributed by atoms with van der Waals surface area (Å²) >= 11 is 0. The third-order valence-corrected chi connectivity index (χ3v) is 2.71. The molecule has 2 heteroatoms. The summed E-state index contributed by atoms with van der Waals surface area (Å²) in [6, 6.07) is 17.2. The number of hydrogen-bond donors (Lipinski definition) is 0. The molecule has 0 aliphatic carbocycles. The van der Waals surface area contributed by atoms with Crippen molar-refractivity contribution >= 4 is 17.6 Å². The Hall–Kier alpha value is -2.35. The quantitative estimate of drug-likeness (QED) is 0.421. The number of hydrogen-bond acceptors (Lipinski definition) is 2. The van der Waals surface area contributed by atoms with Gasteiger partial charge in [0.05, 0.1) is 5.57 Å². The van der Waals surface area contributed by atoms with E-state index in [1.165, 1.54) is 0 Å². The predicted octanol–water partition coefficient (Wildman–Crippen LogP) is 3.15. The van der Waals surface area contributed by atoms with E-state index in [0.29, 0.717) is 11.3 Å². The smallest absolute Gasteiger partial charge is 0.344 e. The molecule has 1 aliphatic rings. The molecule has 2 aromatic carbocycles. The molecule has 2 nitrogen and oxygen atoms in total. The van der Waals surface area contributed by atoms with Crippen LogP contribution in [0, 0.1) is 0 Å². The van der Waals surface area contributed by atoms with Crippen LogP contribution in [0.25, 0.3) is 11.6 Å². The summed E-state index contributed by atoms with van der Waals surface area (Å²) in [5.41, 5.74) is 2.48. The van der Waals surface area contributed by atoms with Crippen LogP contribution in [0.15, 0.2) is 54.6 Å². The zero-order chi connectivity index (χ0) is 11.7. The van der Waals surface area contributed by atoms with Crippen LogP contribution in [0.4, 0.5) is 0 Å². The van der Waals surface area contributed by atoms with Gasteiger partial charge in [-0.2, -0.15) is 0 Å². The Bertz CT molecular complexity index is 597. The van der Waals surface area contributed by atoms with Gasteiger partial charge in [0.1, 0.15) is 5.75 Å². The van der Waals surface area contributed by atoms with Crippen LogP contribution < -0.4 is 4.74 Å². The summed E-state index contributed by atoms with van der Waals surface area (Å²) in [5, 5.41) is 0. The highest BCUT2D eigenvalue weighted by molar-refractivity contribution is 6.25. The summed E-state index contributed by atoms with van der Waals surface area (Å²) in [7, 11) is 0. The van der Waals surface area contributed by atoms with E-state index in [-0.39, 0.29) is 5.97 Å². The molecule has 0 bridgehead atoms. The first kappa shape index (κ1) is 9.85. The fraction of sp³-hybridized carbons (Fsp3) is 0. The van der Waals surface area contributed by atoms with Crippen molar-refractivity contribution in [1.29, 1.82) is 0 Å².